The van der Waals surface area contributed by atoms with Crippen molar-refractivity contribution >= 4 is 22.7 Å². The zero-order valence-corrected chi connectivity index (χ0v) is 18.8. The smallest absolute Gasteiger partial charge is 0.225 e. The second-order valence-corrected chi connectivity index (χ2v) is 10.3. The van der Waals surface area contributed by atoms with Crippen molar-refractivity contribution < 1.29 is 19.4 Å². The van der Waals surface area contributed by atoms with Gasteiger partial charge in [0.1, 0.15) is 5.75 Å². The number of aryl methyl sites for hydroxylation is 1. The maximum Gasteiger partial charge on any atom is 0.225 e. The summed E-state index contributed by atoms with van der Waals surface area (Å²) in [5.41, 5.74) is 2.96. The van der Waals surface area contributed by atoms with Crippen LogP contribution in [0.4, 0.5) is 0 Å². The van der Waals surface area contributed by atoms with Crippen LogP contribution in [0.2, 0.25) is 0 Å². The average molecular weight is 438 g/mol. The Kier molecular flexibility index (Phi) is 4.38. The summed E-state index contributed by atoms with van der Waals surface area (Å²) in [5, 5.41) is 11.6. The quantitative estimate of drug-likeness (QED) is 0.779. The van der Waals surface area contributed by atoms with Crippen LogP contribution in [0.15, 0.2) is 18.2 Å². The molecule has 170 valence electrons. The van der Waals surface area contributed by atoms with Gasteiger partial charge in [-0.25, -0.2) is 0 Å². The van der Waals surface area contributed by atoms with Crippen LogP contribution in [0, 0.1) is 11.8 Å². The first-order chi connectivity index (χ1) is 15.5. The summed E-state index contributed by atoms with van der Waals surface area (Å²) in [4.78, 5) is 30.0. The Bertz CT molecular complexity index is 1110. The minimum absolute atomic E-state index is 0.106. The summed E-state index contributed by atoms with van der Waals surface area (Å²) in [6, 6.07) is 5.73. The zero-order valence-electron chi connectivity index (χ0n) is 18.8. The van der Waals surface area contributed by atoms with E-state index in [1.165, 1.54) is 5.56 Å². The van der Waals surface area contributed by atoms with Gasteiger partial charge in [-0.2, -0.15) is 0 Å². The van der Waals surface area contributed by atoms with Crippen LogP contribution in [0.25, 0.3) is 10.9 Å². The third-order valence-corrected chi connectivity index (χ3v) is 8.03. The van der Waals surface area contributed by atoms with Gasteiger partial charge < -0.3 is 24.2 Å². The van der Waals surface area contributed by atoms with E-state index in [0.717, 1.165) is 48.0 Å². The zero-order chi connectivity index (χ0) is 22.2. The Hall–Kier alpha value is -2.54. The minimum Gasteiger partial charge on any atom is -0.497 e. The highest BCUT2D eigenvalue weighted by molar-refractivity contribution is 5.91. The first-order valence-electron chi connectivity index (χ1n) is 11.8. The number of rotatable bonds is 5. The molecular formula is C25H31N3O4. The van der Waals surface area contributed by atoms with Gasteiger partial charge in [-0.05, 0) is 49.3 Å². The molecule has 2 aliphatic heterocycles. The lowest BCUT2D eigenvalue weighted by atomic mass is 9.68. The lowest BCUT2D eigenvalue weighted by Crippen LogP contribution is -2.68. The average Bonchev–Trinajstić information content (AvgIpc) is 3.69. The van der Waals surface area contributed by atoms with Crippen molar-refractivity contribution in [2.45, 2.75) is 43.6 Å². The highest BCUT2D eigenvalue weighted by Gasteiger charge is 2.56. The Morgan fingerprint density at radius 3 is 2.53 bits per heavy atom. The van der Waals surface area contributed by atoms with E-state index in [0.29, 0.717) is 32.0 Å². The van der Waals surface area contributed by atoms with E-state index in [9.17, 15) is 14.7 Å². The molecule has 1 aromatic carbocycles. The lowest BCUT2D eigenvalue weighted by molar-refractivity contribution is -0.146. The van der Waals surface area contributed by atoms with Crippen LogP contribution in [0.3, 0.4) is 0 Å². The summed E-state index contributed by atoms with van der Waals surface area (Å²) < 4.78 is 7.59. The van der Waals surface area contributed by atoms with Gasteiger partial charge in [-0.1, -0.05) is 0 Å². The molecule has 1 spiro atoms. The van der Waals surface area contributed by atoms with Gasteiger partial charge in [0, 0.05) is 56.2 Å². The van der Waals surface area contributed by atoms with Crippen molar-refractivity contribution in [3.8, 4) is 5.75 Å². The third-order valence-electron chi connectivity index (χ3n) is 8.03. The number of aromatic nitrogens is 1. The van der Waals surface area contributed by atoms with Crippen LogP contribution in [-0.4, -0.2) is 64.6 Å². The van der Waals surface area contributed by atoms with Gasteiger partial charge in [0.05, 0.1) is 30.7 Å². The highest BCUT2D eigenvalue weighted by Crippen LogP contribution is 2.51. The van der Waals surface area contributed by atoms with Gasteiger partial charge in [0.2, 0.25) is 11.8 Å². The van der Waals surface area contributed by atoms with E-state index >= 15 is 0 Å². The van der Waals surface area contributed by atoms with Gasteiger partial charge in [-0.3, -0.25) is 9.59 Å². The van der Waals surface area contributed by atoms with E-state index in [1.807, 2.05) is 29.0 Å². The summed E-state index contributed by atoms with van der Waals surface area (Å²) in [5.74, 6) is 1.87. The van der Waals surface area contributed by atoms with Crippen LogP contribution in [-0.2, 0) is 22.1 Å². The molecular weight excluding hydrogens is 406 g/mol. The van der Waals surface area contributed by atoms with Crippen LogP contribution < -0.4 is 4.74 Å². The van der Waals surface area contributed by atoms with Crippen molar-refractivity contribution in [1.82, 2.24) is 14.4 Å². The van der Waals surface area contributed by atoms with E-state index in [1.54, 1.807) is 7.11 Å². The molecule has 2 amide bonds. The summed E-state index contributed by atoms with van der Waals surface area (Å²) in [7, 11) is 3.67. The molecule has 1 atom stereocenters. The summed E-state index contributed by atoms with van der Waals surface area (Å²) in [6.45, 7) is 1.75. The maximum absolute atomic E-state index is 13.3. The Morgan fingerprint density at radius 1 is 1.16 bits per heavy atom. The number of ether oxygens (including phenoxy) is 1. The minimum atomic E-state index is -0.363. The Labute approximate surface area is 187 Å². The van der Waals surface area contributed by atoms with Gasteiger partial charge in [0.25, 0.3) is 0 Å². The molecule has 1 aromatic heterocycles. The maximum atomic E-state index is 13.3. The number of hydrogen-bond acceptors (Lipinski definition) is 4. The topological polar surface area (TPSA) is 75.0 Å². The first kappa shape index (κ1) is 20.1. The van der Waals surface area contributed by atoms with E-state index < -0.39 is 0 Å². The number of carbonyl (C=O) groups excluding carboxylic acids is 2. The molecule has 2 saturated carbocycles. The van der Waals surface area contributed by atoms with E-state index in [-0.39, 0.29) is 35.8 Å². The molecule has 0 bridgehead atoms. The first-order valence-corrected chi connectivity index (χ1v) is 11.8. The molecule has 0 radical (unpaired) electrons. The van der Waals surface area contributed by atoms with Gasteiger partial charge in [0.15, 0.2) is 0 Å². The predicted molar refractivity (Wildman–Crippen MR) is 119 cm³/mol. The van der Waals surface area contributed by atoms with Crippen LogP contribution in [0.5, 0.6) is 5.75 Å². The number of aliphatic hydroxyl groups excluding tert-OH is 1. The Balaban J connectivity index is 1.46. The summed E-state index contributed by atoms with van der Waals surface area (Å²) >= 11 is 0. The van der Waals surface area contributed by atoms with Crippen LogP contribution >= 0.6 is 0 Å². The normalized spacial score (nSPS) is 23.9. The third kappa shape index (κ3) is 2.90. The van der Waals surface area contributed by atoms with Crippen molar-refractivity contribution in [1.29, 1.82) is 0 Å². The molecule has 7 heteroatoms. The number of benzene rings is 1. The molecule has 4 aliphatic rings. The molecule has 6 rings (SSSR count). The van der Waals surface area contributed by atoms with Crippen molar-refractivity contribution in [2.75, 3.05) is 33.4 Å². The highest BCUT2D eigenvalue weighted by atomic mass is 16.5. The molecule has 3 fully saturated rings. The van der Waals surface area contributed by atoms with E-state index in [2.05, 4.69) is 10.6 Å². The van der Waals surface area contributed by atoms with Crippen molar-refractivity contribution in [2.24, 2.45) is 18.9 Å². The molecule has 0 unspecified atom stereocenters. The van der Waals surface area contributed by atoms with E-state index in [4.69, 9.17) is 4.74 Å². The fraction of sp³-hybridized carbons (Fsp3) is 0.600. The number of hydrogen-bond donors (Lipinski definition) is 1. The number of likely N-dealkylation sites (tertiary alicyclic amines) is 1. The second-order valence-electron chi connectivity index (χ2n) is 10.3. The van der Waals surface area contributed by atoms with Crippen molar-refractivity contribution in [3.63, 3.8) is 0 Å². The fourth-order valence-corrected chi connectivity index (χ4v) is 5.99. The number of fused-ring (bicyclic) bond motifs is 4. The molecule has 3 heterocycles. The largest absolute Gasteiger partial charge is 0.497 e. The van der Waals surface area contributed by atoms with Gasteiger partial charge >= 0.3 is 0 Å². The monoisotopic (exact) mass is 437 g/mol. The fourth-order valence-electron chi connectivity index (χ4n) is 5.99. The number of carbonyl (C=O) groups is 2. The molecule has 7 nitrogen and oxygen atoms in total. The molecule has 32 heavy (non-hydrogen) atoms. The summed E-state index contributed by atoms with van der Waals surface area (Å²) in [6.07, 6.45) is 4.80. The SMILES string of the molecule is COc1ccc2c3c(n(C)c2c1)[C@@H](CO)N(C(=O)CC1CC1)CC31CN(C(=O)C2CC2)C1. The second kappa shape index (κ2) is 6.98. The lowest BCUT2D eigenvalue weighted by Gasteiger charge is -2.56. The van der Waals surface area contributed by atoms with Crippen LogP contribution in [0.1, 0.15) is 49.4 Å². The molecule has 1 saturated heterocycles. The molecule has 1 N–H and O–H groups in total. The standard InChI is InChI=1S/C25H31N3O4/c1-26-19-10-17(32-2)7-8-18(19)22-23(26)20(11-29)28(21(30)9-15-3-4-15)14-25(22)12-27(13-25)24(31)16-5-6-16/h7-8,10,15-16,20,29H,3-6,9,11-14H2,1-2H3/t20-/m1/s1. The number of amides is 2. The number of nitrogens with zero attached hydrogens (tertiary/aromatic N) is 3. The van der Waals surface area contributed by atoms with Crippen molar-refractivity contribution in [3.05, 3.63) is 29.5 Å². The number of aliphatic hydroxyl groups is 1. The number of methoxy groups -OCH3 is 1. The molecule has 2 aromatic rings. The molecule has 2 aliphatic carbocycles. The predicted octanol–water partition coefficient (Wildman–Crippen LogP) is 2.35. The van der Waals surface area contributed by atoms with Gasteiger partial charge in [-0.15, -0.1) is 0 Å². The Morgan fingerprint density at radius 2 is 1.91 bits per heavy atom.